The lowest BCUT2D eigenvalue weighted by Gasteiger charge is -2.15. The van der Waals surface area contributed by atoms with E-state index < -0.39 is 0 Å². The number of nitrogens with zero attached hydrogens (tertiary/aromatic N) is 3. The zero-order chi connectivity index (χ0) is 24.7. The number of fused-ring (bicyclic) bond motifs is 3. The molecule has 0 aliphatic rings. The van der Waals surface area contributed by atoms with E-state index in [0.29, 0.717) is 39.8 Å². The summed E-state index contributed by atoms with van der Waals surface area (Å²) in [5.41, 5.74) is 10.2. The molecule has 8 nitrogen and oxygen atoms in total. The molecule has 0 saturated carbocycles. The summed E-state index contributed by atoms with van der Waals surface area (Å²) in [4.78, 5) is 13.9. The van der Waals surface area contributed by atoms with Gasteiger partial charge in [0.05, 0.1) is 44.5 Å². The van der Waals surface area contributed by atoms with Crippen LogP contribution in [0.15, 0.2) is 65.5 Å². The Morgan fingerprint density at radius 1 is 0.886 bits per heavy atom. The monoisotopic (exact) mass is 470 g/mol. The van der Waals surface area contributed by atoms with E-state index in [9.17, 15) is 4.79 Å². The Kier molecular flexibility index (Phi) is 5.56. The molecule has 5 rings (SSSR count). The third-order valence-corrected chi connectivity index (χ3v) is 6.26. The van der Waals surface area contributed by atoms with Gasteiger partial charge in [-0.25, -0.2) is 4.68 Å². The fourth-order valence-corrected chi connectivity index (χ4v) is 4.42. The van der Waals surface area contributed by atoms with E-state index in [-0.39, 0.29) is 11.4 Å². The van der Waals surface area contributed by atoms with Gasteiger partial charge in [-0.15, -0.1) is 0 Å². The van der Waals surface area contributed by atoms with Gasteiger partial charge >= 0.3 is 0 Å². The predicted octanol–water partition coefficient (Wildman–Crippen LogP) is 4.31. The van der Waals surface area contributed by atoms with Crippen LogP contribution in [0.1, 0.15) is 11.1 Å². The molecule has 3 aromatic carbocycles. The van der Waals surface area contributed by atoms with Gasteiger partial charge in [0.1, 0.15) is 34.0 Å². The van der Waals surface area contributed by atoms with Crippen molar-refractivity contribution < 1.29 is 14.2 Å². The van der Waals surface area contributed by atoms with Crippen molar-refractivity contribution in [2.75, 3.05) is 27.1 Å². The van der Waals surface area contributed by atoms with Crippen LogP contribution in [-0.4, -0.2) is 35.7 Å². The van der Waals surface area contributed by atoms with Crippen molar-refractivity contribution in [1.29, 1.82) is 0 Å². The van der Waals surface area contributed by atoms with Crippen molar-refractivity contribution >= 4 is 27.6 Å². The highest BCUT2D eigenvalue weighted by molar-refractivity contribution is 6.10. The van der Waals surface area contributed by atoms with E-state index >= 15 is 0 Å². The Bertz CT molecular complexity index is 1620. The Labute approximate surface area is 202 Å². The number of anilines is 1. The van der Waals surface area contributed by atoms with E-state index in [2.05, 4.69) is 0 Å². The summed E-state index contributed by atoms with van der Waals surface area (Å²) in [5.74, 6) is 2.14. The topological polar surface area (TPSA) is 93.5 Å². The minimum Gasteiger partial charge on any atom is -0.497 e. The Hall–Kier alpha value is -4.46. The number of ether oxygens (including phenoxy) is 3. The molecule has 5 aromatic rings. The zero-order valence-electron chi connectivity index (χ0n) is 20.0. The molecular weight excluding hydrogens is 444 g/mol. The van der Waals surface area contributed by atoms with Crippen LogP contribution in [0.2, 0.25) is 0 Å². The van der Waals surface area contributed by atoms with E-state index in [1.165, 1.54) is 0 Å². The average Bonchev–Trinajstić information content (AvgIpc) is 3.23. The third-order valence-electron chi connectivity index (χ3n) is 6.26. The second kappa shape index (κ2) is 8.72. The standard InChI is InChI=1S/C27H26N4O4/c1-16-7-5-6-8-20(16)31-26(28)24-25(29-31)23-21(13-19(34-3)14-22(23)35-4)30(27(24)32)15-17-9-11-18(33-2)12-10-17/h5-14H,15,28H2,1-4H3. The Morgan fingerprint density at radius 3 is 2.26 bits per heavy atom. The fourth-order valence-electron chi connectivity index (χ4n) is 4.42. The molecule has 2 aromatic heterocycles. The van der Waals surface area contributed by atoms with E-state index in [1.54, 1.807) is 36.6 Å². The molecule has 0 unspecified atom stereocenters. The maximum atomic E-state index is 13.9. The zero-order valence-corrected chi connectivity index (χ0v) is 20.0. The SMILES string of the molecule is COc1ccc(Cn2c(=O)c3c(N)n(-c4ccccc4C)nc3c3c(OC)cc(OC)cc32)cc1. The Balaban J connectivity index is 1.87. The summed E-state index contributed by atoms with van der Waals surface area (Å²) in [6, 6.07) is 19.0. The molecule has 0 aliphatic carbocycles. The minimum atomic E-state index is -0.240. The molecule has 2 heterocycles. The summed E-state index contributed by atoms with van der Waals surface area (Å²) in [6.07, 6.45) is 0. The lowest BCUT2D eigenvalue weighted by molar-refractivity contribution is 0.397. The first-order chi connectivity index (χ1) is 17.0. The first-order valence-corrected chi connectivity index (χ1v) is 11.1. The number of para-hydroxylation sites is 1. The maximum absolute atomic E-state index is 13.9. The lowest BCUT2D eigenvalue weighted by atomic mass is 10.1. The van der Waals surface area contributed by atoms with Crippen molar-refractivity contribution in [2.24, 2.45) is 0 Å². The van der Waals surface area contributed by atoms with Crippen LogP contribution in [-0.2, 0) is 6.54 Å². The molecule has 0 saturated heterocycles. The van der Waals surface area contributed by atoms with Crippen molar-refractivity contribution in [3.8, 4) is 22.9 Å². The van der Waals surface area contributed by atoms with Gasteiger partial charge in [-0.05, 0) is 36.2 Å². The average molecular weight is 471 g/mol. The molecule has 0 radical (unpaired) electrons. The molecule has 0 atom stereocenters. The number of methoxy groups -OCH3 is 3. The third kappa shape index (κ3) is 3.63. The fraction of sp³-hybridized carbons (Fsp3) is 0.185. The number of aromatic nitrogens is 3. The molecule has 0 spiro atoms. The number of hydrogen-bond acceptors (Lipinski definition) is 6. The van der Waals surface area contributed by atoms with Crippen LogP contribution >= 0.6 is 0 Å². The van der Waals surface area contributed by atoms with Crippen molar-refractivity contribution in [1.82, 2.24) is 14.3 Å². The predicted molar refractivity (Wildman–Crippen MR) is 137 cm³/mol. The number of nitrogen functional groups attached to an aromatic ring is 1. The second-order valence-corrected chi connectivity index (χ2v) is 8.27. The van der Waals surface area contributed by atoms with Crippen LogP contribution in [0.3, 0.4) is 0 Å². The number of aryl methyl sites for hydroxylation is 1. The Morgan fingerprint density at radius 2 is 1.60 bits per heavy atom. The van der Waals surface area contributed by atoms with Crippen LogP contribution in [0, 0.1) is 6.92 Å². The van der Waals surface area contributed by atoms with Crippen molar-refractivity contribution in [3.63, 3.8) is 0 Å². The highest BCUT2D eigenvalue weighted by Gasteiger charge is 2.23. The minimum absolute atomic E-state index is 0.240. The number of rotatable bonds is 6. The summed E-state index contributed by atoms with van der Waals surface area (Å²) < 4.78 is 19.8. The summed E-state index contributed by atoms with van der Waals surface area (Å²) in [6.45, 7) is 2.30. The van der Waals surface area contributed by atoms with Gasteiger partial charge in [0.2, 0.25) is 0 Å². The van der Waals surface area contributed by atoms with Gasteiger partial charge in [0, 0.05) is 12.1 Å². The van der Waals surface area contributed by atoms with Gasteiger partial charge in [-0.2, -0.15) is 5.10 Å². The van der Waals surface area contributed by atoms with Gasteiger partial charge in [0.15, 0.2) is 0 Å². The first kappa shape index (κ1) is 22.3. The summed E-state index contributed by atoms with van der Waals surface area (Å²) >= 11 is 0. The second-order valence-electron chi connectivity index (χ2n) is 8.27. The molecule has 35 heavy (non-hydrogen) atoms. The first-order valence-electron chi connectivity index (χ1n) is 11.1. The summed E-state index contributed by atoms with van der Waals surface area (Å²) in [5, 5.41) is 5.84. The van der Waals surface area contributed by atoms with Gasteiger partial charge < -0.3 is 24.5 Å². The smallest absolute Gasteiger partial charge is 0.264 e. The number of hydrogen-bond donors (Lipinski definition) is 1. The molecule has 2 N–H and O–H groups in total. The molecular formula is C27H26N4O4. The van der Waals surface area contributed by atoms with E-state index in [1.807, 2.05) is 61.5 Å². The largest absolute Gasteiger partial charge is 0.497 e. The highest BCUT2D eigenvalue weighted by Crippen LogP contribution is 2.37. The normalized spacial score (nSPS) is 11.2. The molecule has 0 aliphatic heterocycles. The molecule has 178 valence electrons. The number of benzene rings is 3. The molecule has 8 heteroatoms. The van der Waals surface area contributed by atoms with Crippen LogP contribution < -0.4 is 25.5 Å². The lowest BCUT2D eigenvalue weighted by Crippen LogP contribution is -2.22. The number of nitrogens with two attached hydrogens (primary N) is 1. The van der Waals surface area contributed by atoms with Crippen LogP contribution in [0.4, 0.5) is 5.82 Å². The molecule has 0 amide bonds. The van der Waals surface area contributed by atoms with Crippen LogP contribution in [0.5, 0.6) is 17.2 Å². The van der Waals surface area contributed by atoms with Crippen molar-refractivity contribution in [2.45, 2.75) is 13.5 Å². The van der Waals surface area contributed by atoms with Gasteiger partial charge in [-0.3, -0.25) is 4.79 Å². The van der Waals surface area contributed by atoms with Gasteiger partial charge in [0.25, 0.3) is 5.56 Å². The molecule has 0 fully saturated rings. The maximum Gasteiger partial charge on any atom is 0.264 e. The van der Waals surface area contributed by atoms with E-state index in [0.717, 1.165) is 22.6 Å². The highest BCUT2D eigenvalue weighted by atomic mass is 16.5. The van der Waals surface area contributed by atoms with E-state index in [4.69, 9.17) is 25.0 Å². The number of pyridine rings is 1. The van der Waals surface area contributed by atoms with Crippen molar-refractivity contribution in [3.05, 3.63) is 82.1 Å². The van der Waals surface area contributed by atoms with Gasteiger partial charge in [-0.1, -0.05) is 30.3 Å². The quantitative estimate of drug-likeness (QED) is 0.398. The van der Waals surface area contributed by atoms with Crippen LogP contribution in [0.25, 0.3) is 27.5 Å². The summed E-state index contributed by atoms with van der Waals surface area (Å²) in [7, 11) is 4.78. The molecule has 0 bridgehead atoms.